The highest BCUT2D eigenvalue weighted by Crippen LogP contribution is 2.15. The van der Waals surface area contributed by atoms with Crippen LogP contribution < -0.4 is 5.32 Å². The van der Waals surface area contributed by atoms with Gasteiger partial charge in [0.25, 0.3) is 0 Å². The van der Waals surface area contributed by atoms with Crippen molar-refractivity contribution in [1.29, 1.82) is 0 Å². The molecule has 0 spiro atoms. The van der Waals surface area contributed by atoms with Crippen LogP contribution in [-0.4, -0.2) is 38.8 Å². The summed E-state index contributed by atoms with van der Waals surface area (Å²) in [5.41, 5.74) is 0.747. The topological polar surface area (TPSA) is 75.2 Å². The van der Waals surface area contributed by atoms with E-state index in [9.17, 15) is 9.59 Å². The lowest BCUT2D eigenvalue weighted by Crippen LogP contribution is -2.61. The maximum atomic E-state index is 12.3. The van der Waals surface area contributed by atoms with Gasteiger partial charge in [0.1, 0.15) is 17.9 Å². The Kier molecular flexibility index (Phi) is 3.78. The number of nitrogens with zero attached hydrogens (tertiary/aromatic N) is 3. The van der Waals surface area contributed by atoms with Crippen LogP contribution in [0, 0.1) is 6.92 Å². The minimum atomic E-state index is -0.467. The van der Waals surface area contributed by atoms with Gasteiger partial charge in [-0.1, -0.05) is 6.92 Å². The zero-order valence-corrected chi connectivity index (χ0v) is 11.4. The maximum Gasteiger partial charge on any atom is 0.246 e. The number of amides is 2. The summed E-state index contributed by atoms with van der Waals surface area (Å²) in [6.45, 7) is 5.75. The summed E-state index contributed by atoms with van der Waals surface area (Å²) in [6.07, 6.45) is 2.25. The van der Waals surface area contributed by atoms with E-state index in [1.54, 1.807) is 31.0 Å². The summed E-state index contributed by atoms with van der Waals surface area (Å²) in [5.74, 6) is 0.495. The number of rotatable bonds is 3. The fourth-order valence-corrected chi connectivity index (χ4v) is 2.15. The Bertz CT molecular complexity index is 503. The van der Waals surface area contributed by atoms with E-state index in [0.717, 1.165) is 5.69 Å². The molecule has 1 saturated heterocycles. The fraction of sp³-hybridized carbons (Fsp3) is 0.538. The molecule has 1 fully saturated rings. The van der Waals surface area contributed by atoms with Crippen molar-refractivity contribution in [3.05, 3.63) is 23.8 Å². The summed E-state index contributed by atoms with van der Waals surface area (Å²) < 4.78 is 0. The molecule has 2 unspecified atom stereocenters. The lowest BCUT2D eigenvalue weighted by molar-refractivity contribution is -0.149. The Labute approximate surface area is 112 Å². The lowest BCUT2D eigenvalue weighted by Gasteiger charge is -2.36. The van der Waals surface area contributed by atoms with Crippen molar-refractivity contribution >= 4 is 11.8 Å². The standard InChI is InChI=1S/C13H18N4O2/c1-4-11-13(19)17(8(2)12(18)16-11)7-10-5-6-14-9(3)15-10/h5-6,8,11H,4,7H2,1-3H3,(H,16,18). The third-order valence-electron chi connectivity index (χ3n) is 3.32. The van der Waals surface area contributed by atoms with Gasteiger partial charge in [0.15, 0.2) is 0 Å². The predicted molar refractivity (Wildman–Crippen MR) is 69.0 cm³/mol. The lowest BCUT2D eigenvalue weighted by atomic mass is 10.1. The van der Waals surface area contributed by atoms with E-state index in [4.69, 9.17) is 0 Å². The fourth-order valence-electron chi connectivity index (χ4n) is 2.15. The van der Waals surface area contributed by atoms with Gasteiger partial charge >= 0.3 is 0 Å². The summed E-state index contributed by atoms with van der Waals surface area (Å²) in [4.78, 5) is 34.0. The van der Waals surface area contributed by atoms with Crippen molar-refractivity contribution in [2.24, 2.45) is 0 Å². The van der Waals surface area contributed by atoms with Gasteiger partial charge in [-0.25, -0.2) is 9.97 Å². The molecular weight excluding hydrogens is 244 g/mol. The van der Waals surface area contributed by atoms with Crippen LogP contribution >= 0.6 is 0 Å². The number of carbonyl (C=O) groups excluding carboxylic acids is 2. The van der Waals surface area contributed by atoms with Crippen LogP contribution in [0.5, 0.6) is 0 Å². The van der Waals surface area contributed by atoms with Gasteiger partial charge in [0.05, 0.1) is 12.2 Å². The van der Waals surface area contributed by atoms with Crippen LogP contribution in [0.25, 0.3) is 0 Å². The molecule has 2 heterocycles. The Morgan fingerprint density at radius 3 is 2.79 bits per heavy atom. The molecule has 0 radical (unpaired) electrons. The first-order valence-electron chi connectivity index (χ1n) is 6.42. The van der Waals surface area contributed by atoms with Crippen molar-refractivity contribution in [2.45, 2.75) is 45.8 Å². The number of nitrogens with one attached hydrogen (secondary N) is 1. The Morgan fingerprint density at radius 1 is 1.42 bits per heavy atom. The predicted octanol–water partition coefficient (Wildman–Crippen LogP) is 0.411. The molecule has 0 saturated carbocycles. The van der Waals surface area contributed by atoms with Crippen molar-refractivity contribution < 1.29 is 9.59 Å². The van der Waals surface area contributed by atoms with E-state index in [-0.39, 0.29) is 11.8 Å². The molecule has 6 heteroatoms. The van der Waals surface area contributed by atoms with E-state index in [1.807, 2.05) is 6.92 Å². The molecule has 2 amide bonds. The van der Waals surface area contributed by atoms with Gasteiger partial charge in [-0.2, -0.15) is 0 Å². The summed E-state index contributed by atoms with van der Waals surface area (Å²) in [5, 5.41) is 2.73. The number of hydrogen-bond acceptors (Lipinski definition) is 4. The molecule has 6 nitrogen and oxygen atoms in total. The molecule has 0 bridgehead atoms. The first-order valence-corrected chi connectivity index (χ1v) is 6.42. The first-order chi connectivity index (χ1) is 9.02. The van der Waals surface area contributed by atoms with Crippen molar-refractivity contribution in [2.75, 3.05) is 0 Å². The molecule has 0 aliphatic carbocycles. The zero-order chi connectivity index (χ0) is 14.0. The summed E-state index contributed by atoms with van der Waals surface area (Å²) >= 11 is 0. The third-order valence-corrected chi connectivity index (χ3v) is 3.32. The van der Waals surface area contributed by atoms with Crippen molar-refractivity contribution in [3.8, 4) is 0 Å². The molecular formula is C13H18N4O2. The van der Waals surface area contributed by atoms with Gasteiger partial charge in [-0.05, 0) is 26.3 Å². The Balaban J connectivity index is 2.21. The van der Waals surface area contributed by atoms with E-state index in [2.05, 4.69) is 15.3 Å². The highest BCUT2D eigenvalue weighted by Gasteiger charge is 2.37. The summed E-state index contributed by atoms with van der Waals surface area (Å²) in [6, 6.07) is 0.873. The normalized spacial score (nSPS) is 23.4. The number of aromatic nitrogens is 2. The van der Waals surface area contributed by atoms with E-state index in [1.165, 1.54) is 0 Å². The molecule has 102 valence electrons. The van der Waals surface area contributed by atoms with Crippen LogP contribution in [0.2, 0.25) is 0 Å². The van der Waals surface area contributed by atoms with E-state index in [0.29, 0.717) is 18.8 Å². The average molecular weight is 262 g/mol. The molecule has 0 aromatic carbocycles. The van der Waals surface area contributed by atoms with Gasteiger partial charge in [-0.3, -0.25) is 9.59 Å². The average Bonchev–Trinajstić information content (AvgIpc) is 2.39. The smallest absolute Gasteiger partial charge is 0.246 e. The quantitative estimate of drug-likeness (QED) is 0.856. The zero-order valence-electron chi connectivity index (χ0n) is 11.4. The van der Waals surface area contributed by atoms with Crippen LogP contribution in [-0.2, 0) is 16.1 Å². The molecule has 1 aromatic heterocycles. The molecule has 19 heavy (non-hydrogen) atoms. The summed E-state index contributed by atoms with van der Waals surface area (Å²) in [7, 11) is 0. The monoisotopic (exact) mass is 262 g/mol. The molecule has 2 rings (SSSR count). The molecule has 2 atom stereocenters. The second-order valence-corrected chi connectivity index (χ2v) is 4.71. The third kappa shape index (κ3) is 2.72. The number of piperazine rings is 1. The van der Waals surface area contributed by atoms with Gasteiger partial charge in [0, 0.05) is 6.20 Å². The molecule has 1 N–H and O–H groups in total. The Morgan fingerprint density at radius 2 is 2.16 bits per heavy atom. The minimum Gasteiger partial charge on any atom is -0.343 e. The minimum absolute atomic E-state index is 0.0501. The largest absolute Gasteiger partial charge is 0.343 e. The SMILES string of the molecule is CCC1NC(=O)C(C)N(Cc2ccnc(C)n2)C1=O. The first kappa shape index (κ1) is 13.5. The second-order valence-electron chi connectivity index (χ2n) is 4.71. The van der Waals surface area contributed by atoms with Crippen molar-refractivity contribution in [3.63, 3.8) is 0 Å². The number of carbonyl (C=O) groups is 2. The van der Waals surface area contributed by atoms with Gasteiger partial charge in [0.2, 0.25) is 11.8 Å². The number of aryl methyl sites for hydroxylation is 1. The van der Waals surface area contributed by atoms with E-state index < -0.39 is 12.1 Å². The highest BCUT2D eigenvalue weighted by molar-refractivity contribution is 5.96. The van der Waals surface area contributed by atoms with E-state index >= 15 is 0 Å². The van der Waals surface area contributed by atoms with Crippen LogP contribution in [0.1, 0.15) is 31.8 Å². The van der Waals surface area contributed by atoms with Crippen molar-refractivity contribution in [1.82, 2.24) is 20.2 Å². The van der Waals surface area contributed by atoms with Gasteiger partial charge < -0.3 is 10.2 Å². The van der Waals surface area contributed by atoms with Crippen LogP contribution in [0.15, 0.2) is 12.3 Å². The van der Waals surface area contributed by atoms with Gasteiger partial charge in [-0.15, -0.1) is 0 Å². The molecule has 1 aliphatic heterocycles. The Hall–Kier alpha value is -1.98. The highest BCUT2D eigenvalue weighted by atomic mass is 16.2. The number of hydrogen-bond donors (Lipinski definition) is 1. The van der Waals surface area contributed by atoms with Crippen LogP contribution in [0.3, 0.4) is 0 Å². The maximum absolute atomic E-state index is 12.3. The second kappa shape index (κ2) is 5.34. The molecule has 1 aliphatic rings. The van der Waals surface area contributed by atoms with Crippen LogP contribution in [0.4, 0.5) is 0 Å². The molecule has 1 aromatic rings.